The minimum Gasteiger partial charge on any atom is -0.473 e. The molecule has 1 N–H and O–H groups in total. The van der Waals surface area contributed by atoms with Gasteiger partial charge in [-0.1, -0.05) is 0 Å². The zero-order valence-corrected chi connectivity index (χ0v) is 10.6. The van der Waals surface area contributed by atoms with Crippen molar-refractivity contribution in [3.63, 3.8) is 0 Å². The Bertz CT molecular complexity index is 657. The molecule has 5 nitrogen and oxygen atoms in total. The Morgan fingerprint density at radius 3 is 2.95 bits per heavy atom. The molecule has 2 aliphatic heterocycles. The molecule has 0 amide bonds. The van der Waals surface area contributed by atoms with Crippen LogP contribution in [0.2, 0.25) is 0 Å². The first kappa shape index (κ1) is 10.9. The number of fused-ring (bicyclic) bond motifs is 3. The summed E-state index contributed by atoms with van der Waals surface area (Å²) >= 11 is 0. The maximum absolute atomic E-state index is 5.84. The first-order valence-electron chi connectivity index (χ1n) is 6.40. The largest absolute Gasteiger partial charge is 0.473 e. The number of nitrogens with zero attached hydrogens (tertiary/aromatic N) is 1. The Hall–Kier alpha value is -2.01. The van der Waals surface area contributed by atoms with E-state index in [4.69, 9.17) is 14.2 Å². The molecule has 0 saturated carbocycles. The molecule has 0 radical (unpaired) electrons. The summed E-state index contributed by atoms with van der Waals surface area (Å²) in [7, 11) is 0. The lowest BCUT2D eigenvalue weighted by atomic mass is 10.1. The average Bonchev–Trinajstić information content (AvgIpc) is 2.75. The summed E-state index contributed by atoms with van der Waals surface area (Å²) in [6, 6.07) is 5.98. The molecule has 19 heavy (non-hydrogen) atoms. The summed E-state index contributed by atoms with van der Waals surface area (Å²) in [5.74, 6) is 2.24. The Labute approximate surface area is 110 Å². The fourth-order valence-corrected chi connectivity index (χ4v) is 2.46. The SMILES string of the molecule is CC1CNCc2cc3cc4c(cc3nc2O1)OCO4. The van der Waals surface area contributed by atoms with Crippen molar-refractivity contribution in [2.75, 3.05) is 13.3 Å². The van der Waals surface area contributed by atoms with Crippen molar-refractivity contribution in [1.29, 1.82) is 0 Å². The number of aromatic nitrogens is 1. The van der Waals surface area contributed by atoms with E-state index >= 15 is 0 Å². The third-order valence-electron chi connectivity index (χ3n) is 3.41. The van der Waals surface area contributed by atoms with Crippen molar-refractivity contribution < 1.29 is 14.2 Å². The maximum Gasteiger partial charge on any atom is 0.231 e. The zero-order valence-electron chi connectivity index (χ0n) is 10.6. The van der Waals surface area contributed by atoms with Crippen molar-refractivity contribution >= 4 is 10.9 Å². The normalized spacial score (nSPS) is 20.8. The molecule has 2 aromatic rings. The molecule has 1 aromatic heterocycles. The van der Waals surface area contributed by atoms with Crippen molar-refractivity contribution in [3.8, 4) is 17.4 Å². The Morgan fingerprint density at radius 1 is 1.21 bits per heavy atom. The molecule has 0 saturated heterocycles. The van der Waals surface area contributed by atoms with Gasteiger partial charge in [0.2, 0.25) is 12.7 Å². The van der Waals surface area contributed by atoms with Crippen LogP contribution >= 0.6 is 0 Å². The highest BCUT2D eigenvalue weighted by atomic mass is 16.7. The lowest BCUT2D eigenvalue weighted by molar-refractivity contribution is 0.174. The van der Waals surface area contributed by atoms with Crippen molar-refractivity contribution in [1.82, 2.24) is 10.3 Å². The van der Waals surface area contributed by atoms with Gasteiger partial charge in [-0.3, -0.25) is 0 Å². The fraction of sp³-hybridized carbons (Fsp3) is 0.357. The molecule has 1 atom stereocenters. The van der Waals surface area contributed by atoms with Gasteiger partial charge in [0, 0.05) is 30.1 Å². The van der Waals surface area contributed by atoms with E-state index in [1.54, 1.807) is 0 Å². The summed E-state index contributed by atoms with van der Waals surface area (Å²) in [5, 5.41) is 4.39. The molecule has 1 unspecified atom stereocenters. The molecular formula is C14H14N2O3. The number of ether oxygens (including phenoxy) is 3. The van der Waals surface area contributed by atoms with Crippen LogP contribution in [0.3, 0.4) is 0 Å². The monoisotopic (exact) mass is 258 g/mol. The molecule has 1 aromatic carbocycles. The van der Waals surface area contributed by atoms with Gasteiger partial charge in [0.25, 0.3) is 0 Å². The van der Waals surface area contributed by atoms with E-state index in [0.29, 0.717) is 5.88 Å². The van der Waals surface area contributed by atoms with Crippen molar-refractivity contribution in [2.45, 2.75) is 19.6 Å². The van der Waals surface area contributed by atoms with Gasteiger partial charge < -0.3 is 19.5 Å². The van der Waals surface area contributed by atoms with Crippen LogP contribution in [0, 0.1) is 0 Å². The van der Waals surface area contributed by atoms with Crippen molar-refractivity contribution in [2.24, 2.45) is 0 Å². The van der Waals surface area contributed by atoms with Crippen LogP contribution in [0.4, 0.5) is 0 Å². The minimum atomic E-state index is 0.125. The number of benzene rings is 1. The van der Waals surface area contributed by atoms with Crippen LogP contribution in [-0.4, -0.2) is 24.4 Å². The number of rotatable bonds is 0. The number of nitrogens with one attached hydrogen (secondary N) is 1. The van der Waals surface area contributed by atoms with Gasteiger partial charge in [-0.15, -0.1) is 0 Å². The highest BCUT2D eigenvalue weighted by molar-refractivity contribution is 5.84. The van der Waals surface area contributed by atoms with E-state index in [-0.39, 0.29) is 12.9 Å². The van der Waals surface area contributed by atoms with Crippen molar-refractivity contribution in [3.05, 3.63) is 23.8 Å². The summed E-state index contributed by atoms with van der Waals surface area (Å²) in [4.78, 5) is 4.61. The zero-order chi connectivity index (χ0) is 12.8. The van der Waals surface area contributed by atoms with E-state index in [9.17, 15) is 0 Å². The second-order valence-electron chi connectivity index (χ2n) is 4.91. The highest BCUT2D eigenvalue weighted by Crippen LogP contribution is 2.37. The van der Waals surface area contributed by atoms with Gasteiger partial charge in [-0.25, -0.2) is 4.98 Å². The van der Waals surface area contributed by atoms with Crippen LogP contribution in [0.25, 0.3) is 10.9 Å². The third kappa shape index (κ3) is 1.77. The summed E-state index contributed by atoms with van der Waals surface area (Å²) < 4.78 is 16.6. The first-order chi connectivity index (χ1) is 9.29. The van der Waals surface area contributed by atoms with Gasteiger partial charge in [0.05, 0.1) is 5.52 Å². The predicted octanol–water partition coefficient (Wildman–Crippen LogP) is 1.83. The molecule has 98 valence electrons. The molecule has 3 heterocycles. The average molecular weight is 258 g/mol. The van der Waals surface area contributed by atoms with E-state index in [1.807, 2.05) is 19.1 Å². The topological polar surface area (TPSA) is 52.6 Å². The van der Waals surface area contributed by atoms with E-state index in [2.05, 4.69) is 16.4 Å². The smallest absolute Gasteiger partial charge is 0.231 e. The lowest BCUT2D eigenvalue weighted by Crippen LogP contribution is -2.25. The Morgan fingerprint density at radius 2 is 2.05 bits per heavy atom. The van der Waals surface area contributed by atoms with Crippen LogP contribution in [-0.2, 0) is 6.54 Å². The summed E-state index contributed by atoms with van der Waals surface area (Å²) in [6.07, 6.45) is 0.125. The second-order valence-corrected chi connectivity index (χ2v) is 4.91. The Kier molecular flexibility index (Phi) is 2.29. The van der Waals surface area contributed by atoms with Gasteiger partial charge in [0.1, 0.15) is 6.10 Å². The molecule has 4 rings (SSSR count). The third-order valence-corrected chi connectivity index (χ3v) is 3.41. The van der Waals surface area contributed by atoms with Crippen LogP contribution < -0.4 is 19.5 Å². The summed E-state index contributed by atoms with van der Waals surface area (Å²) in [5.41, 5.74) is 1.95. The van der Waals surface area contributed by atoms with E-state index in [0.717, 1.165) is 41.1 Å². The first-order valence-corrected chi connectivity index (χ1v) is 6.40. The molecule has 0 bridgehead atoms. The van der Waals surface area contributed by atoms with Gasteiger partial charge in [0.15, 0.2) is 11.5 Å². The molecule has 0 aliphatic carbocycles. The molecule has 0 spiro atoms. The quantitative estimate of drug-likeness (QED) is 0.781. The summed E-state index contributed by atoms with van der Waals surface area (Å²) in [6.45, 7) is 3.92. The highest BCUT2D eigenvalue weighted by Gasteiger charge is 2.19. The van der Waals surface area contributed by atoms with Crippen LogP contribution in [0.15, 0.2) is 18.2 Å². The van der Waals surface area contributed by atoms with Gasteiger partial charge >= 0.3 is 0 Å². The predicted molar refractivity (Wildman–Crippen MR) is 69.7 cm³/mol. The van der Waals surface area contributed by atoms with E-state index < -0.39 is 0 Å². The number of hydrogen-bond acceptors (Lipinski definition) is 5. The van der Waals surface area contributed by atoms with E-state index in [1.165, 1.54) is 0 Å². The molecule has 0 fully saturated rings. The second kappa shape index (κ2) is 3.99. The lowest BCUT2D eigenvalue weighted by Gasteiger charge is -2.11. The molecule has 5 heteroatoms. The standard InChI is InChI=1S/C14H14N2O3/c1-8-5-15-6-10-2-9-3-12-13(18-7-17-12)4-11(9)16-14(10)19-8/h2-4,8,15H,5-7H2,1H3. The van der Waals surface area contributed by atoms with Crippen LogP contribution in [0.5, 0.6) is 17.4 Å². The van der Waals surface area contributed by atoms with Crippen LogP contribution in [0.1, 0.15) is 12.5 Å². The van der Waals surface area contributed by atoms with Gasteiger partial charge in [-0.05, 0) is 19.1 Å². The molecule has 2 aliphatic rings. The molecular weight excluding hydrogens is 244 g/mol. The minimum absolute atomic E-state index is 0.125. The number of hydrogen-bond donors (Lipinski definition) is 1. The number of pyridine rings is 1. The fourth-order valence-electron chi connectivity index (χ4n) is 2.46. The van der Waals surface area contributed by atoms with Gasteiger partial charge in [-0.2, -0.15) is 0 Å². The maximum atomic E-state index is 5.84. The Balaban J connectivity index is 1.89.